The largest absolute Gasteiger partial charge is 0.325 e. The van der Waals surface area contributed by atoms with Crippen molar-refractivity contribution in [3.8, 4) is 0 Å². The Bertz CT molecular complexity index is 555. The second-order valence-electron chi connectivity index (χ2n) is 4.38. The molecule has 0 amide bonds. The first-order chi connectivity index (χ1) is 8.54. The van der Waals surface area contributed by atoms with Gasteiger partial charge in [-0.3, -0.25) is 4.68 Å². The summed E-state index contributed by atoms with van der Waals surface area (Å²) < 4.78 is 5.20. The van der Waals surface area contributed by atoms with Gasteiger partial charge in [-0.2, -0.15) is 5.10 Å². The van der Waals surface area contributed by atoms with Crippen molar-refractivity contribution in [1.82, 2.24) is 24.6 Å². The summed E-state index contributed by atoms with van der Waals surface area (Å²) in [5.41, 5.74) is 3.35. The van der Waals surface area contributed by atoms with E-state index in [1.165, 1.54) is 5.69 Å². The Kier molecular flexibility index (Phi) is 3.87. The molecule has 1 N–H and O–H groups in total. The molecule has 0 saturated carbocycles. The highest BCUT2D eigenvalue weighted by molar-refractivity contribution is 9.10. The van der Waals surface area contributed by atoms with Crippen LogP contribution >= 0.6 is 15.9 Å². The zero-order valence-electron chi connectivity index (χ0n) is 11.2. The summed E-state index contributed by atoms with van der Waals surface area (Å²) in [6.45, 7) is 5.62. The molecule has 0 aromatic carbocycles. The predicted molar refractivity (Wildman–Crippen MR) is 74.5 cm³/mol. The maximum Gasteiger partial charge on any atom is 0.106 e. The molecule has 98 valence electrons. The second kappa shape index (κ2) is 5.24. The van der Waals surface area contributed by atoms with E-state index < -0.39 is 0 Å². The third-order valence-electron chi connectivity index (χ3n) is 3.07. The van der Waals surface area contributed by atoms with Gasteiger partial charge in [0.05, 0.1) is 28.1 Å². The number of rotatable bonds is 4. The van der Waals surface area contributed by atoms with Crippen molar-refractivity contribution >= 4 is 15.9 Å². The number of nitrogens with one attached hydrogen (secondary N) is 1. The summed E-state index contributed by atoms with van der Waals surface area (Å²) in [7, 11) is 3.91. The first-order valence-electron chi connectivity index (χ1n) is 5.88. The number of imidazole rings is 1. The molecule has 2 aromatic rings. The Morgan fingerprint density at radius 2 is 2.11 bits per heavy atom. The smallest absolute Gasteiger partial charge is 0.106 e. The number of hydrogen-bond acceptors (Lipinski definition) is 3. The molecule has 0 aliphatic rings. The maximum atomic E-state index is 4.42. The summed E-state index contributed by atoms with van der Waals surface area (Å²) >= 11 is 3.60. The van der Waals surface area contributed by atoms with Crippen LogP contribution in [-0.2, 0) is 20.1 Å². The van der Waals surface area contributed by atoms with Crippen LogP contribution in [0.25, 0.3) is 0 Å². The lowest BCUT2D eigenvalue weighted by Crippen LogP contribution is -2.14. The van der Waals surface area contributed by atoms with E-state index in [0.717, 1.165) is 34.8 Å². The minimum atomic E-state index is 0.779. The van der Waals surface area contributed by atoms with E-state index in [1.54, 1.807) is 0 Å². The van der Waals surface area contributed by atoms with Gasteiger partial charge in [0.1, 0.15) is 5.82 Å². The van der Waals surface area contributed by atoms with Gasteiger partial charge in [0.2, 0.25) is 0 Å². The van der Waals surface area contributed by atoms with Gasteiger partial charge in [-0.25, -0.2) is 4.98 Å². The molecular formula is C12H18BrN5. The standard InChI is InChI=1S/C12H18BrN5/c1-8-12(13)11(17(4)16-8)7-18-9(2)15-6-10(18)5-14-3/h6,14H,5,7H2,1-4H3. The van der Waals surface area contributed by atoms with Gasteiger partial charge in [0.25, 0.3) is 0 Å². The Morgan fingerprint density at radius 1 is 1.39 bits per heavy atom. The van der Waals surface area contributed by atoms with E-state index in [1.807, 2.05) is 38.8 Å². The molecule has 2 aromatic heterocycles. The normalized spacial score (nSPS) is 11.2. The van der Waals surface area contributed by atoms with Crippen LogP contribution in [-0.4, -0.2) is 26.4 Å². The monoisotopic (exact) mass is 311 g/mol. The summed E-state index contributed by atoms with van der Waals surface area (Å²) in [5.74, 6) is 1.02. The van der Waals surface area contributed by atoms with Gasteiger partial charge >= 0.3 is 0 Å². The molecule has 2 rings (SSSR count). The molecule has 6 heteroatoms. The number of halogens is 1. The van der Waals surface area contributed by atoms with Crippen molar-refractivity contribution in [2.75, 3.05) is 7.05 Å². The van der Waals surface area contributed by atoms with E-state index in [2.05, 4.69) is 35.9 Å². The quantitative estimate of drug-likeness (QED) is 0.936. The van der Waals surface area contributed by atoms with E-state index in [4.69, 9.17) is 0 Å². The number of aryl methyl sites for hydroxylation is 3. The van der Waals surface area contributed by atoms with Crippen molar-refractivity contribution in [1.29, 1.82) is 0 Å². The van der Waals surface area contributed by atoms with E-state index in [9.17, 15) is 0 Å². The average Bonchev–Trinajstić information content (AvgIpc) is 2.77. The summed E-state index contributed by atoms with van der Waals surface area (Å²) in [5, 5.41) is 7.58. The van der Waals surface area contributed by atoms with E-state index in [0.29, 0.717) is 0 Å². The first-order valence-corrected chi connectivity index (χ1v) is 6.67. The number of hydrogen-bond donors (Lipinski definition) is 1. The topological polar surface area (TPSA) is 47.7 Å². The fourth-order valence-corrected chi connectivity index (χ4v) is 2.52. The van der Waals surface area contributed by atoms with Crippen LogP contribution in [0.1, 0.15) is 22.9 Å². The SMILES string of the molecule is CNCc1cnc(C)n1Cc1c(Br)c(C)nn1C. The van der Waals surface area contributed by atoms with Gasteiger partial charge in [-0.1, -0.05) is 0 Å². The Balaban J connectivity index is 2.36. The van der Waals surface area contributed by atoms with E-state index in [-0.39, 0.29) is 0 Å². The lowest BCUT2D eigenvalue weighted by Gasteiger charge is -2.11. The molecule has 0 fully saturated rings. The van der Waals surface area contributed by atoms with Crippen molar-refractivity contribution in [2.24, 2.45) is 7.05 Å². The molecule has 0 radical (unpaired) electrons. The molecule has 0 saturated heterocycles. The van der Waals surface area contributed by atoms with Gasteiger partial charge in [-0.05, 0) is 36.8 Å². The fourth-order valence-electron chi connectivity index (χ4n) is 2.05. The van der Waals surface area contributed by atoms with Crippen molar-refractivity contribution in [3.63, 3.8) is 0 Å². The molecule has 5 nitrogen and oxygen atoms in total. The highest BCUT2D eigenvalue weighted by Crippen LogP contribution is 2.22. The number of nitrogens with zero attached hydrogens (tertiary/aromatic N) is 4. The van der Waals surface area contributed by atoms with Crippen LogP contribution in [0.5, 0.6) is 0 Å². The Morgan fingerprint density at radius 3 is 2.67 bits per heavy atom. The molecule has 0 unspecified atom stereocenters. The lowest BCUT2D eigenvalue weighted by atomic mass is 10.3. The zero-order chi connectivity index (χ0) is 13.3. The van der Waals surface area contributed by atoms with Crippen LogP contribution in [0.2, 0.25) is 0 Å². The van der Waals surface area contributed by atoms with E-state index >= 15 is 0 Å². The van der Waals surface area contributed by atoms with Crippen LogP contribution < -0.4 is 5.32 Å². The molecule has 0 aliphatic heterocycles. The van der Waals surface area contributed by atoms with Crippen LogP contribution in [0, 0.1) is 13.8 Å². The summed E-state index contributed by atoms with van der Waals surface area (Å²) in [4.78, 5) is 4.38. The molecule has 18 heavy (non-hydrogen) atoms. The minimum absolute atomic E-state index is 0.779. The van der Waals surface area contributed by atoms with Crippen LogP contribution in [0.3, 0.4) is 0 Å². The van der Waals surface area contributed by atoms with Gasteiger partial charge in [0.15, 0.2) is 0 Å². The molecule has 2 heterocycles. The number of aromatic nitrogens is 4. The second-order valence-corrected chi connectivity index (χ2v) is 5.18. The van der Waals surface area contributed by atoms with Crippen LogP contribution in [0.15, 0.2) is 10.7 Å². The van der Waals surface area contributed by atoms with Gasteiger partial charge < -0.3 is 9.88 Å². The molecule has 0 atom stereocenters. The van der Waals surface area contributed by atoms with Crippen molar-refractivity contribution in [3.05, 3.63) is 33.6 Å². The van der Waals surface area contributed by atoms with Gasteiger partial charge in [0, 0.05) is 19.8 Å². The highest BCUT2D eigenvalue weighted by Gasteiger charge is 2.14. The average molecular weight is 312 g/mol. The van der Waals surface area contributed by atoms with Crippen molar-refractivity contribution in [2.45, 2.75) is 26.9 Å². The highest BCUT2D eigenvalue weighted by atomic mass is 79.9. The summed E-state index contributed by atoms with van der Waals surface area (Å²) in [6.07, 6.45) is 1.92. The van der Waals surface area contributed by atoms with Crippen molar-refractivity contribution < 1.29 is 0 Å². The Hall–Kier alpha value is -1.14. The zero-order valence-corrected chi connectivity index (χ0v) is 12.7. The third-order valence-corrected chi connectivity index (χ3v) is 4.10. The Labute approximate surface area is 115 Å². The molecule has 0 bridgehead atoms. The van der Waals surface area contributed by atoms with Gasteiger partial charge in [-0.15, -0.1) is 0 Å². The molecule has 0 aliphatic carbocycles. The predicted octanol–water partition coefficient (Wildman–Crippen LogP) is 1.76. The fraction of sp³-hybridized carbons (Fsp3) is 0.500. The van der Waals surface area contributed by atoms with Crippen LogP contribution in [0.4, 0.5) is 0 Å². The molecule has 0 spiro atoms. The third kappa shape index (κ3) is 2.35. The summed E-state index contributed by atoms with van der Waals surface area (Å²) in [6, 6.07) is 0. The lowest BCUT2D eigenvalue weighted by molar-refractivity contribution is 0.622. The maximum absolute atomic E-state index is 4.42. The molecular weight excluding hydrogens is 294 g/mol. The first kappa shape index (κ1) is 13.3. The minimum Gasteiger partial charge on any atom is -0.325 e.